The molecule has 4 amide bonds. The Kier molecular flexibility index (Phi) is 6.73. The summed E-state index contributed by atoms with van der Waals surface area (Å²) in [5.74, 6) is 1.24. The molecule has 3 rings (SSSR count). The van der Waals surface area contributed by atoms with Gasteiger partial charge in [0.25, 0.3) is 5.24 Å². The predicted molar refractivity (Wildman–Crippen MR) is 109 cm³/mol. The Labute approximate surface area is 173 Å². The van der Waals surface area contributed by atoms with Gasteiger partial charge >= 0.3 is 6.03 Å². The van der Waals surface area contributed by atoms with Crippen molar-refractivity contribution in [2.75, 3.05) is 32.4 Å². The van der Waals surface area contributed by atoms with Crippen molar-refractivity contribution in [3.8, 4) is 17.2 Å². The lowest BCUT2D eigenvalue weighted by Crippen LogP contribution is -2.55. The van der Waals surface area contributed by atoms with Crippen LogP contribution in [0.3, 0.4) is 0 Å². The first kappa shape index (κ1) is 21.1. The van der Waals surface area contributed by atoms with Gasteiger partial charge in [0.2, 0.25) is 11.7 Å². The van der Waals surface area contributed by atoms with Gasteiger partial charge in [-0.1, -0.05) is 24.6 Å². The number of hydrogen-bond donors (Lipinski definition) is 2. The molecule has 2 N–H and O–H groups in total. The van der Waals surface area contributed by atoms with Crippen LogP contribution in [0.15, 0.2) is 12.1 Å². The highest BCUT2D eigenvalue weighted by atomic mass is 32.2. The van der Waals surface area contributed by atoms with E-state index >= 15 is 0 Å². The van der Waals surface area contributed by atoms with Gasteiger partial charge in [0.1, 0.15) is 0 Å². The minimum atomic E-state index is -0.428. The van der Waals surface area contributed by atoms with Crippen molar-refractivity contribution in [1.29, 1.82) is 0 Å². The molecule has 0 radical (unpaired) electrons. The average molecular weight is 423 g/mol. The minimum absolute atomic E-state index is 0.166. The molecular formula is C19H25N3O6S. The van der Waals surface area contributed by atoms with Crippen LogP contribution in [-0.2, 0) is 4.79 Å². The maximum Gasteiger partial charge on any atom is 0.319 e. The summed E-state index contributed by atoms with van der Waals surface area (Å²) < 4.78 is 15.9. The maximum atomic E-state index is 12.6. The quantitative estimate of drug-likeness (QED) is 0.725. The molecule has 0 spiro atoms. The van der Waals surface area contributed by atoms with Gasteiger partial charge in [0.05, 0.1) is 44.9 Å². The number of hydrogen-bond acceptors (Lipinski definition) is 7. The number of urea groups is 1. The number of methoxy groups -OCH3 is 3. The highest BCUT2D eigenvalue weighted by molar-refractivity contribution is 8.14. The summed E-state index contributed by atoms with van der Waals surface area (Å²) in [4.78, 5) is 38.2. The van der Waals surface area contributed by atoms with Crippen LogP contribution in [0.5, 0.6) is 17.2 Å². The third-order valence-electron chi connectivity index (χ3n) is 5.08. The largest absolute Gasteiger partial charge is 0.493 e. The second-order valence-electron chi connectivity index (χ2n) is 6.79. The van der Waals surface area contributed by atoms with Crippen LogP contribution in [0.2, 0.25) is 0 Å². The lowest BCUT2D eigenvalue weighted by atomic mass is 9.89. The van der Waals surface area contributed by atoms with Crippen LogP contribution in [0.4, 0.5) is 15.3 Å². The third kappa shape index (κ3) is 4.52. The van der Waals surface area contributed by atoms with Crippen LogP contribution in [0.1, 0.15) is 25.7 Å². The van der Waals surface area contributed by atoms with E-state index in [1.165, 1.54) is 26.2 Å². The molecule has 2 unspecified atom stereocenters. The van der Waals surface area contributed by atoms with Gasteiger partial charge < -0.3 is 24.8 Å². The van der Waals surface area contributed by atoms with Crippen LogP contribution >= 0.6 is 11.8 Å². The molecule has 1 aliphatic heterocycles. The van der Waals surface area contributed by atoms with E-state index < -0.39 is 6.03 Å². The van der Waals surface area contributed by atoms with Gasteiger partial charge in [-0.05, 0) is 12.8 Å². The summed E-state index contributed by atoms with van der Waals surface area (Å²) in [6.45, 7) is 0. The van der Waals surface area contributed by atoms with Gasteiger partial charge in [-0.15, -0.1) is 0 Å². The molecule has 2 aliphatic rings. The molecule has 29 heavy (non-hydrogen) atoms. The van der Waals surface area contributed by atoms with Gasteiger partial charge in [0, 0.05) is 12.1 Å². The van der Waals surface area contributed by atoms with Crippen LogP contribution in [0.25, 0.3) is 0 Å². The lowest BCUT2D eigenvalue weighted by Gasteiger charge is -2.36. The van der Waals surface area contributed by atoms with Crippen molar-refractivity contribution in [3.05, 3.63) is 12.1 Å². The Morgan fingerprint density at radius 1 is 1.07 bits per heavy atom. The van der Waals surface area contributed by atoms with Crippen molar-refractivity contribution in [2.24, 2.45) is 0 Å². The molecule has 10 heteroatoms. The molecule has 1 aromatic rings. The zero-order chi connectivity index (χ0) is 21.0. The zero-order valence-electron chi connectivity index (χ0n) is 16.6. The maximum absolute atomic E-state index is 12.6. The number of thioether (sulfide) groups is 1. The van der Waals surface area contributed by atoms with E-state index in [1.807, 2.05) is 0 Å². The second-order valence-corrected chi connectivity index (χ2v) is 7.72. The van der Waals surface area contributed by atoms with Crippen LogP contribution in [0, 0.1) is 0 Å². The first-order valence-electron chi connectivity index (χ1n) is 9.34. The zero-order valence-corrected chi connectivity index (χ0v) is 17.5. The fourth-order valence-corrected chi connectivity index (χ4v) is 4.52. The number of benzene rings is 1. The normalized spacial score (nSPS) is 21.7. The number of ether oxygens (including phenoxy) is 3. The molecule has 0 aromatic heterocycles. The molecule has 0 bridgehead atoms. The molecule has 1 aliphatic carbocycles. The number of amides is 4. The number of anilines is 1. The Bertz CT molecular complexity index is 761. The van der Waals surface area contributed by atoms with Gasteiger partial charge in [-0.3, -0.25) is 14.5 Å². The summed E-state index contributed by atoms with van der Waals surface area (Å²) >= 11 is 1.01. The van der Waals surface area contributed by atoms with Crippen LogP contribution in [-0.4, -0.2) is 61.2 Å². The molecule has 1 saturated carbocycles. The SMILES string of the molecule is COc1cc(NC(=O)NC2CCCCC2N2C(=O)CSC2=O)cc(OC)c1OC. The van der Waals surface area contributed by atoms with E-state index in [1.54, 1.807) is 12.1 Å². The standard InChI is InChI=1S/C19H25N3O6S/c1-26-14-8-11(9-15(27-2)17(14)28-3)20-18(24)21-12-6-4-5-7-13(12)22-16(23)10-29-19(22)25/h8-9,12-13H,4-7,10H2,1-3H3,(H2,20,21,24). The summed E-state index contributed by atoms with van der Waals surface area (Å²) in [7, 11) is 4.49. The van der Waals surface area contributed by atoms with Crippen LogP contribution < -0.4 is 24.8 Å². The fraction of sp³-hybridized carbons (Fsp3) is 0.526. The van der Waals surface area contributed by atoms with Crippen molar-refractivity contribution in [3.63, 3.8) is 0 Å². The molecule has 158 valence electrons. The molecule has 9 nitrogen and oxygen atoms in total. The number of nitrogens with one attached hydrogen (secondary N) is 2. The van der Waals surface area contributed by atoms with E-state index in [-0.39, 0.29) is 29.0 Å². The molecule has 2 fully saturated rings. The molecular weight excluding hydrogens is 398 g/mol. The second kappa shape index (κ2) is 9.25. The third-order valence-corrected chi connectivity index (χ3v) is 5.92. The Morgan fingerprint density at radius 3 is 2.28 bits per heavy atom. The van der Waals surface area contributed by atoms with Crippen molar-refractivity contribution < 1.29 is 28.6 Å². The van der Waals surface area contributed by atoms with E-state index in [9.17, 15) is 14.4 Å². The Hall–Kier alpha value is -2.62. The van der Waals surface area contributed by atoms with E-state index in [4.69, 9.17) is 14.2 Å². The van der Waals surface area contributed by atoms with Crippen molar-refractivity contribution >= 4 is 34.6 Å². The monoisotopic (exact) mass is 423 g/mol. The number of nitrogens with zero attached hydrogens (tertiary/aromatic N) is 1. The number of imide groups is 1. The molecule has 2 atom stereocenters. The van der Waals surface area contributed by atoms with Crippen molar-refractivity contribution in [2.45, 2.75) is 37.8 Å². The average Bonchev–Trinajstić information content (AvgIpc) is 3.05. The summed E-state index contributed by atoms with van der Waals surface area (Å²) in [6.07, 6.45) is 3.23. The minimum Gasteiger partial charge on any atom is -0.493 e. The first-order chi connectivity index (χ1) is 14.0. The van der Waals surface area contributed by atoms with Gasteiger partial charge in [-0.25, -0.2) is 4.79 Å². The highest BCUT2D eigenvalue weighted by Crippen LogP contribution is 2.40. The lowest BCUT2D eigenvalue weighted by molar-refractivity contribution is -0.127. The Balaban J connectivity index is 1.72. The number of carbonyl (C=O) groups excluding carboxylic acids is 3. The smallest absolute Gasteiger partial charge is 0.319 e. The highest BCUT2D eigenvalue weighted by Gasteiger charge is 2.41. The number of carbonyl (C=O) groups is 3. The summed E-state index contributed by atoms with van der Waals surface area (Å²) in [5.41, 5.74) is 0.466. The van der Waals surface area contributed by atoms with Crippen molar-refractivity contribution in [1.82, 2.24) is 10.2 Å². The van der Waals surface area contributed by atoms with E-state index in [0.29, 0.717) is 35.8 Å². The Morgan fingerprint density at radius 2 is 1.72 bits per heavy atom. The molecule has 1 saturated heterocycles. The summed E-state index contributed by atoms with van der Waals surface area (Å²) in [6, 6.07) is 2.22. The molecule has 1 aromatic carbocycles. The summed E-state index contributed by atoms with van der Waals surface area (Å²) in [5, 5.41) is 5.45. The van der Waals surface area contributed by atoms with E-state index in [0.717, 1.165) is 24.6 Å². The number of rotatable bonds is 6. The van der Waals surface area contributed by atoms with E-state index in [2.05, 4.69) is 10.6 Å². The molecule has 1 heterocycles. The fourth-order valence-electron chi connectivity index (χ4n) is 3.76. The predicted octanol–water partition coefficient (Wildman–Crippen LogP) is 2.84. The first-order valence-corrected chi connectivity index (χ1v) is 10.3. The van der Waals surface area contributed by atoms with Gasteiger partial charge in [-0.2, -0.15) is 0 Å². The van der Waals surface area contributed by atoms with Gasteiger partial charge in [0.15, 0.2) is 11.5 Å². The topological polar surface area (TPSA) is 106 Å².